The zero-order valence-corrected chi connectivity index (χ0v) is 11.7. The second kappa shape index (κ2) is 4.07. The van der Waals surface area contributed by atoms with E-state index in [0.717, 1.165) is 0 Å². The van der Waals surface area contributed by atoms with Gasteiger partial charge in [0.1, 0.15) is 0 Å². The lowest BCUT2D eigenvalue weighted by Crippen LogP contribution is -2.35. The van der Waals surface area contributed by atoms with Gasteiger partial charge in [-0.1, -0.05) is 30.3 Å². The maximum absolute atomic E-state index is 2.43. The molecule has 2 heteroatoms. The minimum Gasteiger partial charge on any atom is -0.220 e. The Balaban J connectivity index is 2.36. The molecule has 0 aliphatic carbocycles. The Kier molecular flexibility index (Phi) is 2.34. The largest absolute Gasteiger partial charge is 0.295 e. The lowest BCUT2D eigenvalue weighted by atomic mass is 10.1. The fourth-order valence-electron chi connectivity index (χ4n) is 3.15. The molecule has 0 aliphatic heterocycles. The predicted molar refractivity (Wildman–Crippen MR) is 83.0 cm³/mol. The molecule has 0 atom stereocenters. The highest BCUT2D eigenvalue weighted by atomic mass is 15.1. The van der Waals surface area contributed by atoms with Crippen molar-refractivity contribution in [3.63, 3.8) is 0 Å². The second-order valence-electron chi connectivity index (χ2n) is 5.55. The fourth-order valence-corrected chi connectivity index (χ4v) is 3.15. The molecule has 98 valence electrons. The molecule has 0 amide bonds. The van der Waals surface area contributed by atoms with Crippen LogP contribution in [0.1, 0.15) is 19.9 Å². The van der Waals surface area contributed by atoms with E-state index >= 15 is 0 Å². The molecule has 2 heterocycles. The Morgan fingerprint density at radius 3 is 2.50 bits per heavy atom. The summed E-state index contributed by atoms with van der Waals surface area (Å²) in [6.45, 7) is 4.49. The van der Waals surface area contributed by atoms with Crippen LogP contribution in [0, 0.1) is 0 Å². The fraction of sp³-hybridized carbons (Fsp3) is 0.167. The van der Waals surface area contributed by atoms with E-state index in [9.17, 15) is 0 Å². The van der Waals surface area contributed by atoms with Crippen molar-refractivity contribution in [3.05, 3.63) is 60.8 Å². The molecule has 0 N–H and O–H groups in total. The van der Waals surface area contributed by atoms with E-state index in [4.69, 9.17) is 0 Å². The second-order valence-corrected chi connectivity index (χ2v) is 5.55. The number of hydrogen-bond acceptors (Lipinski definition) is 0. The summed E-state index contributed by atoms with van der Waals surface area (Å²) in [6.07, 6.45) is 2.18. The molecule has 0 saturated carbocycles. The Hall–Kier alpha value is -2.35. The highest BCUT2D eigenvalue weighted by Crippen LogP contribution is 2.24. The van der Waals surface area contributed by atoms with Crippen LogP contribution in [-0.2, 0) is 0 Å². The van der Waals surface area contributed by atoms with Gasteiger partial charge in [-0.05, 0) is 43.5 Å². The summed E-state index contributed by atoms with van der Waals surface area (Å²) >= 11 is 0. The molecule has 4 rings (SSSR count). The highest BCUT2D eigenvalue weighted by Gasteiger charge is 2.22. The van der Waals surface area contributed by atoms with Crippen molar-refractivity contribution in [1.82, 2.24) is 4.40 Å². The summed E-state index contributed by atoms with van der Waals surface area (Å²) in [7, 11) is 0. The molecule has 0 unspecified atom stereocenters. The minimum atomic E-state index is 0.427. The summed E-state index contributed by atoms with van der Waals surface area (Å²) in [6, 6.07) is 19.8. The average molecular weight is 261 g/mol. The van der Waals surface area contributed by atoms with Gasteiger partial charge in [0.25, 0.3) is 5.65 Å². The van der Waals surface area contributed by atoms with Gasteiger partial charge in [0.05, 0.1) is 17.6 Å². The lowest BCUT2D eigenvalue weighted by Gasteiger charge is -2.04. The molecule has 0 spiro atoms. The first-order chi connectivity index (χ1) is 9.77. The number of rotatable bonds is 1. The third-order valence-corrected chi connectivity index (χ3v) is 3.98. The quantitative estimate of drug-likeness (QED) is 0.456. The lowest BCUT2D eigenvalue weighted by molar-refractivity contribution is -0.665. The maximum Gasteiger partial charge on any atom is 0.295 e. The monoisotopic (exact) mass is 261 g/mol. The minimum absolute atomic E-state index is 0.427. The number of fused-ring (bicyclic) bond motifs is 5. The Bertz CT molecular complexity index is 932. The van der Waals surface area contributed by atoms with E-state index in [0.29, 0.717) is 6.04 Å². The molecular weight excluding hydrogens is 244 g/mol. The summed E-state index contributed by atoms with van der Waals surface area (Å²) in [5.74, 6) is 0. The number of para-hydroxylation sites is 2. The Morgan fingerprint density at radius 2 is 1.65 bits per heavy atom. The van der Waals surface area contributed by atoms with Gasteiger partial charge in [-0.25, -0.2) is 4.57 Å². The van der Waals surface area contributed by atoms with Gasteiger partial charge >= 0.3 is 0 Å². The van der Waals surface area contributed by atoms with Crippen LogP contribution in [0.2, 0.25) is 0 Å². The molecule has 0 radical (unpaired) electrons. The Morgan fingerprint density at radius 1 is 0.900 bits per heavy atom. The van der Waals surface area contributed by atoms with E-state index in [1.54, 1.807) is 0 Å². The van der Waals surface area contributed by atoms with E-state index in [2.05, 4.69) is 83.6 Å². The van der Waals surface area contributed by atoms with Crippen LogP contribution in [0.3, 0.4) is 0 Å². The van der Waals surface area contributed by atoms with E-state index in [1.807, 2.05) is 0 Å². The van der Waals surface area contributed by atoms with Crippen molar-refractivity contribution in [3.8, 4) is 0 Å². The molecule has 0 fully saturated rings. The van der Waals surface area contributed by atoms with Gasteiger partial charge in [0, 0.05) is 0 Å². The molecule has 0 bridgehead atoms. The number of hydrogen-bond donors (Lipinski definition) is 0. The van der Waals surface area contributed by atoms with Crippen LogP contribution >= 0.6 is 0 Å². The standard InChI is InChI=1S/C18H17N2/c1-13(2)20-17-10-6-5-9-16(17)19-12-11-14-7-3-4-8-15(14)18(19)20/h3-13H,1-2H3/q+1. The van der Waals surface area contributed by atoms with Crippen molar-refractivity contribution in [2.24, 2.45) is 0 Å². The van der Waals surface area contributed by atoms with Gasteiger partial charge < -0.3 is 0 Å². The molecule has 0 saturated heterocycles. The van der Waals surface area contributed by atoms with Crippen LogP contribution < -0.4 is 4.57 Å². The van der Waals surface area contributed by atoms with Crippen molar-refractivity contribution in [2.75, 3.05) is 0 Å². The number of imidazole rings is 1. The molecule has 0 aliphatic rings. The van der Waals surface area contributed by atoms with Crippen molar-refractivity contribution in [1.29, 1.82) is 0 Å². The summed E-state index contributed by atoms with van der Waals surface area (Å²) in [5, 5.41) is 2.59. The summed E-state index contributed by atoms with van der Waals surface area (Å²) in [5.41, 5.74) is 3.83. The van der Waals surface area contributed by atoms with Crippen LogP contribution in [0.15, 0.2) is 60.8 Å². The van der Waals surface area contributed by atoms with Crippen LogP contribution in [0.4, 0.5) is 0 Å². The number of benzene rings is 2. The Labute approximate surface area is 117 Å². The van der Waals surface area contributed by atoms with E-state index < -0.39 is 0 Å². The number of pyridine rings is 1. The third kappa shape index (κ3) is 1.42. The van der Waals surface area contributed by atoms with Crippen LogP contribution in [0.5, 0.6) is 0 Å². The molecule has 2 aromatic carbocycles. The van der Waals surface area contributed by atoms with Crippen molar-refractivity contribution >= 4 is 27.5 Å². The van der Waals surface area contributed by atoms with Gasteiger partial charge in [-0.15, -0.1) is 0 Å². The molecule has 2 aromatic heterocycles. The number of nitrogens with zero attached hydrogens (tertiary/aromatic N) is 2. The summed E-state index contributed by atoms with van der Waals surface area (Å²) < 4.78 is 4.73. The number of aromatic nitrogens is 2. The normalized spacial score (nSPS) is 11.9. The van der Waals surface area contributed by atoms with Gasteiger partial charge in [0.2, 0.25) is 0 Å². The van der Waals surface area contributed by atoms with Crippen LogP contribution in [-0.4, -0.2) is 4.40 Å². The predicted octanol–water partition coefficient (Wildman–Crippen LogP) is 4.11. The van der Waals surface area contributed by atoms with Crippen molar-refractivity contribution < 1.29 is 4.57 Å². The van der Waals surface area contributed by atoms with E-state index in [1.165, 1.54) is 27.5 Å². The zero-order valence-electron chi connectivity index (χ0n) is 11.7. The SMILES string of the molecule is CC(C)[n+]1c2ccccc2n2ccc3ccccc3c21. The molecular formula is C18H17N2+. The van der Waals surface area contributed by atoms with Gasteiger partial charge in [0.15, 0.2) is 11.0 Å². The van der Waals surface area contributed by atoms with Crippen molar-refractivity contribution in [2.45, 2.75) is 19.9 Å². The van der Waals surface area contributed by atoms with Crippen LogP contribution in [0.25, 0.3) is 27.5 Å². The summed E-state index contributed by atoms with van der Waals surface area (Å²) in [4.78, 5) is 0. The topological polar surface area (TPSA) is 8.29 Å². The molecule has 2 nitrogen and oxygen atoms in total. The maximum atomic E-state index is 2.43. The zero-order chi connectivity index (χ0) is 13.7. The molecule has 4 aromatic rings. The van der Waals surface area contributed by atoms with Gasteiger partial charge in [-0.3, -0.25) is 0 Å². The average Bonchev–Trinajstić information content (AvgIpc) is 2.82. The first-order valence-corrected chi connectivity index (χ1v) is 7.09. The highest BCUT2D eigenvalue weighted by molar-refractivity contribution is 5.95. The molecule has 20 heavy (non-hydrogen) atoms. The first-order valence-electron chi connectivity index (χ1n) is 7.09. The first kappa shape index (κ1) is 11.5. The third-order valence-electron chi connectivity index (χ3n) is 3.98. The smallest absolute Gasteiger partial charge is 0.220 e. The van der Waals surface area contributed by atoms with E-state index in [-0.39, 0.29) is 0 Å². The van der Waals surface area contributed by atoms with Gasteiger partial charge in [-0.2, -0.15) is 4.40 Å².